The van der Waals surface area contributed by atoms with Crippen LogP contribution in [0.15, 0.2) is 66.7 Å². The Morgan fingerprint density at radius 1 is 0.730 bits per heavy atom. The van der Waals surface area contributed by atoms with Gasteiger partial charge >= 0.3 is 6.61 Å². The van der Waals surface area contributed by atoms with Crippen molar-refractivity contribution in [1.29, 1.82) is 0 Å². The summed E-state index contributed by atoms with van der Waals surface area (Å²) in [4.78, 5) is 0. The molecule has 0 radical (unpaired) electrons. The van der Waals surface area contributed by atoms with Gasteiger partial charge in [0.15, 0.2) is 17.4 Å². The zero-order chi connectivity index (χ0) is 26.4. The summed E-state index contributed by atoms with van der Waals surface area (Å²) in [6.07, 6.45) is 5.14. The van der Waals surface area contributed by atoms with Crippen molar-refractivity contribution in [3.8, 4) is 17.6 Å². The van der Waals surface area contributed by atoms with E-state index in [0.717, 1.165) is 42.3 Å². The molecule has 37 heavy (non-hydrogen) atoms. The lowest BCUT2D eigenvalue weighted by atomic mass is 9.98. The third-order valence-electron chi connectivity index (χ3n) is 6.11. The zero-order valence-corrected chi connectivity index (χ0v) is 20.3. The fourth-order valence-corrected chi connectivity index (χ4v) is 4.11. The van der Waals surface area contributed by atoms with Gasteiger partial charge in [0.1, 0.15) is 5.82 Å². The third-order valence-corrected chi connectivity index (χ3v) is 6.11. The highest BCUT2D eigenvalue weighted by Crippen LogP contribution is 2.26. The van der Waals surface area contributed by atoms with E-state index in [9.17, 15) is 17.6 Å². The SMILES string of the molecule is CCCCc1ccc(CCc2ccc3c(F)c(C#Cc4cc(F)c(OC(F)F)c(F)c4)ccc3c2)cc1. The Morgan fingerprint density at radius 2 is 1.35 bits per heavy atom. The highest BCUT2D eigenvalue weighted by molar-refractivity contribution is 5.85. The summed E-state index contributed by atoms with van der Waals surface area (Å²) in [5.41, 5.74) is 3.59. The smallest absolute Gasteiger partial charge is 0.387 e. The summed E-state index contributed by atoms with van der Waals surface area (Å²) in [6, 6.07) is 19.0. The minimum atomic E-state index is -3.37. The van der Waals surface area contributed by atoms with E-state index in [0.29, 0.717) is 5.39 Å². The van der Waals surface area contributed by atoms with Gasteiger partial charge in [-0.1, -0.05) is 73.7 Å². The highest BCUT2D eigenvalue weighted by atomic mass is 19.3. The maximum absolute atomic E-state index is 15.1. The Bertz CT molecular complexity index is 1430. The van der Waals surface area contributed by atoms with Crippen LogP contribution in [0.5, 0.6) is 5.75 Å². The van der Waals surface area contributed by atoms with Crippen LogP contribution in [0.25, 0.3) is 10.8 Å². The molecule has 0 bridgehead atoms. The van der Waals surface area contributed by atoms with Gasteiger partial charge in [-0.3, -0.25) is 0 Å². The Labute approximate surface area is 212 Å². The molecule has 0 aliphatic rings. The molecule has 1 nitrogen and oxygen atoms in total. The lowest BCUT2D eigenvalue weighted by Gasteiger charge is -2.08. The van der Waals surface area contributed by atoms with Crippen LogP contribution in [0, 0.1) is 29.3 Å². The molecule has 0 unspecified atom stereocenters. The molecule has 4 rings (SSSR count). The van der Waals surface area contributed by atoms with Crippen molar-refractivity contribution < 1.29 is 26.7 Å². The number of hydrogen-bond donors (Lipinski definition) is 0. The summed E-state index contributed by atoms with van der Waals surface area (Å²) in [7, 11) is 0. The van der Waals surface area contributed by atoms with Crippen molar-refractivity contribution in [3.05, 3.63) is 112 Å². The molecule has 0 N–H and O–H groups in total. The van der Waals surface area contributed by atoms with E-state index in [1.165, 1.54) is 30.0 Å². The molecule has 0 atom stereocenters. The van der Waals surface area contributed by atoms with E-state index in [1.54, 1.807) is 12.1 Å². The van der Waals surface area contributed by atoms with E-state index in [-0.39, 0.29) is 11.1 Å². The molecule has 0 aliphatic carbocycles. The molecule has 4 aromatic rings. The number of benzene rings is 4. The first-order chi connectivity index (χ1) is 17.8. The van der Waals surface area contributed by atoms with Crippen molar-refractivity contribution in [3.63, 3.8) is 0 Å². The first-order valence-corrected chi connectivity index (χ1v) is 12.1. The van der Waals surface area contributed by atoms with E-state index in [2.05, 4.69) is 47.8 Å². The Hall–Kier alpha value is -3.85. The average molecular weight is 509 g/mol. The van der Waals surface area contributed by atoms with Crippen LogP contribution in [0.1, 0.15) is 47.6 Å². The minimum absolute atomic E-state index is 0.0529. The fraction of sp³-hybridized carbons (Fsp3) is 0.226. The van der Waals surface area contributed by atoms with Gasteiger partial charge < -0.3 is 4.74 Å². The molecule has 0 fully saturated rings. The molecule has 6 heteroatoms. The lowest BCUT2D eigenvalue weighted by molar-refractivity contribution is -0.0546. The molecule has 4 aromatic carbocycles. The first kappa shape index (κ1) is 26.2. The Kier molecular flexibility index (Phi) is 8.45. The van der Waals surface area contributed by atoms with Crippen molar-refractivity contribution in [2.45, 2.75) is 45.6 Å². The fourth-order valence-electron chi connectivity index (χ4n) is 4.11. The molecule has 0 heterocycles. The maximum atomic E-state index is 15.1. The van der Waals surface area contributed by atoms with Crippen LogP contribution in [0.2, 0.25) is 0 Å². The molecule has 190 valence electrons. The van der Waals surface area contributed by atoms with E-state index < -0.39 is 29.8 Å². The molecule has 0 saturated carbocycles. The molecule has 0 saturated heterocycles. The van der Waals surface area contributed by atoms with Gasteiger partial charge in [0, 0.05) is 10.9 Å². The van der Waals surface area contributed by atoms with Crippen LogP contribution in [-0.2, 0) is 19.3 Å². The normalized spacial score (nSPS) is 11.0. The zero-order valence-electron chi connectivity index (χ0n) is 20.3. The Balaban J connectivity index is 1.48. The number of alkyl halides is 2. The number of ether oxygens (including phenoxy) is 1. The predicted molar refractivity (Wildman–Crippen MR) is 135 cm³/mol. The van der Waals surface area contributed by atoms with Crippen molar-refractivity contribution in [1.82, 2.24) is 0 Å². The van der Waals surface area contributed by atoms with Gasteiger partial charge in [-0.05, 0) is 66.0 Å². The van der Waals surface area contributed by atoms with Crippen molar-refractivity contribution in [2.75, 3.05) is 0 Å². The number of fused-ring (bicyclic) bond motifs is 1. The maximum Gasteiger partial charge on any atom is 0.387 e. The number of halogens is 5. The number of aryl methyl sites for hydroxylation is 3. The molecule has 0 amide bonds. The second kappa shape index (κ2) is 11.9. The van der Waals surface area contributed by atoms with E-state index in [1.807, 2.05) is 12.1 Å². The average Bonchev–Trinajstić information content (AvgIpc) is 2.88. The quantitative estimate of drug-likeness (QED) is 0.172. The van der Waals surface area contributed by atoms with Crippen LogP contribution in [-0.4, -0.2) is 6.61 Å². The predicted octanol–water partition coefficient (Wildman–Crippen LogP) is 8.39. The van der Waals surface area contributed by atoms with Crippen molar-refractivity contribution >= 4 is 10.8 Å². The highest BCUT2D eigenvalue weighted by Gasteiger charge is 2.16. The van der Waals surface area contributed by atoms with Gasteiger partial charge in [-0.15, -0.1) is 0 Å². The second-order valence-corrected chi connectivity index (χ2v) is 8.80. The summed E-state index contributed by atoms with van der Waals surface area (Å²) in [5.74, 6) is 0.689. The topological polar surface area (TPSA) is 9.23 Å². The molecular formula is C31H25F5O. The van der Waals surface area contributed by atoms with Crippen LogP contribution in [0.4, 0.5) is 22.0 Å². The van der Waals surface area contributed by atoms with Gasteiger partial charge in [-0.2, -0.15) is 8.78 Å². The van der Waals surface area contributed by atoms with E-state index in [4.69, 9.17) is 0 Å². The van der Waals surface area contributed by atoms with Gasteiger partial charge in [0.05, 0.1) is 5.56 Å². The van der Waals surface area contributed by atoms with Crippen molar-refractivity contribution in [2.24, 2.45) is 0 Å². The molecule has 0 aromatic heterocycles. The monoisotopic (exact) mass is 508 g/mol. The molecule has 0 spiro atoms. The number of unbranched alkanes of at least 4 members (excludes halogenated alkanes) is 1. The largest absolute Gasteiger partial charge is 0.429 e. The van der Waals surface area contributed by atoms with Gasteiger partial charge in [-0.25, -0.2) is 13.2 Å². The summed E-state index contributed by atoms with van der Waals surface area (Å²) in [6.45, 7) is -1.18. The molecular weight excluding hydrogens is 483 g/mol. The first-order valence-electron chi connectivity index (χ1n) is 12.1. The second-order valence-electron chi connectivity index (χ2n) is 8.80. The Morgan fingerprint density at radius 3 is 2.00 bits per heavy atom. The van der Waals surface area contributed by atoms with Crippen LogP contribution in [0.3, 0.4) is 0 Å². The lowest BCUT2D eigenvalue weighted by Crippen LogP contribution is -2.06. The number of rotatable bonds is 8. The minimum Gasteiger partial charge on any atom is -0.429 e. The molecule has 0 aliphatic heterocycles. The summed E-state index contributed by atoms with van der Waals surface area (Å²) >= 11 is 0. The van der Waals surface area contributed by atoms with Gasteiger partial charge in [0.2, 0.25) is 0 Å². The van der Waals surface area contributed by atoms with E-state index >= 15 is 4.39 Å². The van der Waals surface area contributed by atoms with Gasteiger partial charge in [0.25, 0.3) is 0 Å². The summed E-state index contributed by atoms with van der Waals surface area (Å²) < 4.78 is 71.3. The summed E-state index contributed by atoms with van der Waals surface area (Å²) in [5, 5.41) is 1.11. The van der Waals surface area contributed by atoms with Crippen LogP contribution < -0.4 is 4.74 Å². The standard InChI is InChI=1S/C31H25F5O/c1-2-3-4-20-5-7-21(8-6-20)9-10-22-12-16-26-25(17-22)15-14-24(29(26)34)13-11-23-18-27(32)30(28(33)19-23)37-31(35)36/h5-8,12,14-19,31H,2-4,9-10H2,1H3. The number of hydrogen-bond acceptors (Lipinski definition) is 1. The van der Waals surface area contributed by atoms with Crippen LogP contribution >= 0.6 is 0 Å². The third kappa shape index (κ3) is 6.68.